The van der Waals surface area contributed by atoms with E-state index in [2.05, 4.69) is 77.2 Å². The molecule has 4 nitrogen and oxygen atoms in total. The van der Waals surface area contributed by atoms with Crippen LogP contribution in [-0.4, -0.2) is 43.8 Å². The molecule has 0 bridgehead atoms. The van der Waals surface area contributed by atoms with E-state index in [4.69, 9.17) is 0 Å². The summed E-state index contributed by atoms with van der Waals surface area (Å²) in [5, 5.41) is 42.6. The Kier molecular flexibility index (Phi) is 13.2. The van der Waals surface area contributed by atoms with Gasteiger partial charge in [0.25, 0.3) is 0 Å². The molecule has 4 heteroatoms. The number of rotatable bonds is 10. The Morgan fingerprint density at radius 3 is 1.61 bits per heavy atom. The third-order valence-corrected chi connectivity index (χ3v) is 9.07. The van der Waals surface area contributed by atoms with Gasteiger partial charge in [0.2, 0.25) is 0 Å². The highest BCUT2D eigenvalue weighted by Crippen LogP contribution is 2.50. The molecule has 0 amide bonds. The predicted octanol–water partition coefficient (Wildman–Crippen LogP) is 8.71. The van der Waals surface area contributed by atoms with E-state index in [0.29, 0.717) is 6.42 Å². The van der Waals surface area contributed by atoms with Gasteiger partial charge in [0, 0.05) is 11.8 Å². The molecule has 4 N–H and O–H groups in total. The summed E-state index contributed by atoms with van der Waals surface area (Å²) in [6.07, 6.45) is 29.6. The fourth-order valence-corrected chi connectivity index (χ4v) is 6.55. The van der Waals surface area contributed by atoms with Crippen LogP contribution in [0.2, 0.25) is 0 Å². The maximum absolute atomic E-state index is 11.4. The van der Waals surface area contributed by atoms with Crippen LogP contribution in [0.3, 0.4) is 0 Å². The minimum Gasteiger partial charge on any atom is -0.393 e. The molecule has 0 saturated heterocycles. The summed E-state index contributed by atoms with van der Waals surface area (Å²) in [6.45, 7) is 20.1. The van der Waals surface area contributed by atoms with Crippen molar-refractivity contribution in [1.29, 1.82) is 0 Å². The quantitative estimate of drug-likeness (QED) is 0.189. The van der Waals surface area contributed by atoms with Crippen LogP contribution in [0.4, 0.5) is 0 Å². The molecule has 0 aromatic rings. The van der Waals surface area contributed by atoms with Crippen molar-refractivity contribution in [1.82, 2.24) is 0 Å². The van der Waals surface area contributed by atoms with E-state index in [0.717, 1.165) is 29.6 Å². The molecule has 0 unspecified atom stereocenters. The lowest BCUT2D eigenvalue weighted by atomic mass is 9.57. The van der Waals surface area contributed by atoms with Crippen molar-refractivity contribution < 1.29 is 20.4 Å². The van der Waals surface area contributed by atoms with E-state index in [9.17, 15) is 20.4 Å². The molecule has 0 aromatic heterocycles. The van der Waals surface area contributed by atoms with Gasteiger partial charge in [0.1, 0.15) is 5.60 Å². The first-order valence-corrected chi connectivity index (χ1v) is 15.9. The van der Waals surface area contributed by atoms with Crippen molar-refractivity contribution in [2.24, 2.45) is 10.8 Å². The maximum atomic E-state index is 11.4. The molecule has 0 spiro atoms. The average Bonchev–Trinajstić information content (AvgIpc) is 2.87. The van der Waals surface area contributed by atoms with Gasteiger partial charge < -0.3 is 20.4 Å². The second kappa shape index (κ2) is 15.5. The predicted molar refractivity (Wildman–Crippen MR) is 187 cm³/mol. The lowest BCUT2D eigenvalue weighted by molar-refractivity contribution is -0.216. The van der Waals surface area contributed by atoms with Gasteiger partial charge in [-0.3, -0.25) is 0 Å². The Hall–Kier alpha value is -2.76. The lowest BCUT2D eigenvalue weighted by Crippen LogP contribution is -2.65. The summed E-state index contributed by atoms with van der Waals surface area (Å²) in [5.74, 6) is 0. The van der Waals surface area contributed by atoms with Gasteiger partial charge in [-0.15, -0.1) is 0 Å². The van der Waals surface area contributed by atoms with Crippen LogP contribution in [0.25, 0.3) is 0 Å². The largest absolute Gasteiger partial charge is 0.393 e. The fraction of sp³-hybridized carbons (Fsp3) is 0.500. The molecule has 44 heavy (non-hydrogen) atoms. The molecule has 4 atom stereocenters. The highest BCUT2D eigenvalue weighted by Gasteiger charge is 2.58. The van der Waals surface area contributed by atoms with Crippen LogP contribution in [0, 0.1) is 10.8 Å². The minimum absolute atomic E-state index is 0.0115. The molecular formula is C40H58O4. The van der Waals surface area contributed by atoms with Crippen LogP contribution in [-0.2, 0) is 0 Å². The zero-order chi connectivity index (χ0) is 33.3. The van der Waals surface area contributed by atoms with Gasteiger partial charge in [0.15, 0.2) is 0 Å². The second-order valence-corrected chi connectivity index (χ2v) is 14.5. The van der Waals surface area contributed by atoms with E-state index < -0.39 is 22.7 Å². The van der Waals surface area contributed by atoms with Gasteiger partial charge in [-0.25, -0.2) is 0 Å². The lowest BCUT2D eigenvalue weighted by Gasteiger charge is -2.54. The van der Waals surface area contributed by atoms with Gasteiger partial charge in [0.05, 0.1) is 17.8 Å². The summed E-state index contributed by atoms with van der Waals surface area (Å²) in [6, 6.07) is 0. The molecule has 1 fully saturated rings. The summed E-state index contributed by atoms with van der Waals surface area (Å²) in [7, 11) is 0. The topological polar surface area (TPSA) is 80.9 Å². The molecule has 0 heterocycles. The third-order valence-electron chi connectivity index (χ3n) is 9.07. The first kappa shape index (κ1) is 37.4. The average molecular weight is 603 g/mol. The normalized spacial score (nSPS) is 31.1. The summed E-state index contributed by atoms with van der Waals surface area (Å²) >= 11 is 0. The van der Waals surface area contributed by atoms with Crippen molar-refractivity contribution in [2.45, 2.75) is 118 Å². The Bertz CT molecular complexity index is 1300. The van der Waals surface area contributed by atoms with Crippen LogP contribution in [0.15, 0.2) is 119 Å². The van der Waals surface area contributed by atoms with Gasteiger partial charge in [-0.2, -0.15) is 0 Å². The molecule has 0 radical (unpaired) electrons. The van der Waals surface area contributed by atoms with Gasteiger partial charge in [-0.1, -0.05) is 135 Å². The number of hydrogen-bond donors (Lipinski definition) is 4. The molecule has 2 aliphatic rings. The molecule has 2 rings (SSSR count). The Balaban J connectivity index is 1.94. The molecule has 1 saturated carbocycles. The van der Waals surface area contributed by atoms with Crippen LogP contribution >= 0.6 is 0 Å². The van der Waals surface area contributed by atoms with E-state index in [1.807, 2.05) is 64.2 Å². The number of aliphatic hydroxyl groups is 4. The first-order chi connectivity index (χ1) is 20.3. The fourth-order valence-electron chi connectivity index (χ4n) is 6.55. The molecular weight excluding hydrogens is 544 g/mol. The van der Waals surface area contributed by atoms with Crippen molar-refractivity contribution >= 4 is 0 Å². The highest BCUT2D eigenvalue weighted by atomic mass is 16.4. The van der Waals surface area contributed by atoms with Crippen molar-refractivity contribution in [3.8, 4) is 0 Å². The first-order valence-electron chi connectivity index (χ1n) is 15.9. The van der Waals surface area contributed by atoms with Crippen molar-refractivity contribution in [3.05, 3.63) is 119 Å². The second-order valence-electron chi connectivity index (χ2n) is 14.5. The van der Waals surface area contributed by atoms with Crippen LogP contribution in [0.5, 0.6) is 0 Å². The summed E-state index contributed by atoms with van der Waals surface area (Å²) in [5.41, 5.74) is 3.44. The van der Waals surface area contributed by atoms with Crippen molar-refractivity contribution in [2.75, 3.05) is 0 Å². The van der Waals surface area contributed by atoms with E-state index >= 15 is 0 Å². The third kappa shape index (κ3) is 10.4. The van der Waals surface area contributed by atoms with Gasteiger partial charge >= 0.3 is 0 Å². The zero-order valence-corrected chi connectivity index (χ0v) is 28.9. The number of allylic oxidation sites excluding steroid dienone is 18. The Morgan fingerprint density at radius 2 is 1.11 bits per heavy atom. The van der Waals surface area contributed by atoms with Crippen molar-refractivity contribution in [3.63, 3.8) is 0 Å². The standard InChI is InChI=1S/C40H58O4/c1-29(17-13-19-31(3)21-22-36-33(5)25-34(41)26-37(36,6)7)15-11-12-16-30(2)18-14-20-32(4)23-24-40(44)38(8,9)27-35(42)28-39(40,10)43/h11-24,34-35,41-44H,25-28H2,1-10H3/b12-11+,17-13+,18-14+,22-21+,24-23+,29-15+,30-16+,31-19-,32-20+/t34-,35+,39+,40+/m1/s1. The Labute approximate surface area is 267 Å². The molecule has 242 valence electrons. The maximum Gasteiger partial charge on any atom is 0.117 e. The minimum atomic E-state index is -1.44. The summed E-state index contributed by atoms with van der Waals surface area (Å²) in [4.78, 5) is 0. The Morgan fingerprint density at radius 1 is 0.636 bits per heavy atom. The number of hydrogen-bond acceptors (Lipinski definition) is 4. The molecule has 0 aliphatic heterocycles. The van der Waals surface area contributed by atoms with Crippen LogP contribution in [0.1, 0.15) is 94.9 Å². The summed E-state index contributed by atoms with van der Waals surface area (Å²) < 4.78 is 0. The smallest absolute Gasteiger partial charge is 0.117 e. The highest BCUT2D eigenvalue weighted by molar-refractivity contribution is 5.38. The molecule has 2 aliphatic carbocycles. The molecule has 0 aromatic carbocycles. The SMILES string of the molecule is CC1=C(/C=C/C(C)=C\C=C\C(C)=C\C=C\C=C(C)\C=C\C=C(C)\C=C\[C@]2(O)C(C)(C)C[C@H](O)C[C@]2(C)O)C(C)(C)C[C@H](O)C1. The zero-order valence-electron chi connectivity index (χ0n) is 28.9. The van der Waals surface area contributed by atoms with E-state index in [-0.39, 0.29) is 17.9 Å². The van der Waals surface area contributed by atoms with E-state index in [1.165, 1.54) is 16.7 Å². The number of aliphatic hydroxyl groups excluding tert-OH is 2. The van der Waals surface area contributed by atoms with E-state index in [1.54, 1.807) is 13.0 Å². The monoisotopic (exact) mass is 602 g/mol. The van der Waals surface area contributed by atoms with Crippen LogP contribution < -0.4 is 0 Å². The van der Waals surface area contributed by atoms with Gasteiger partial charge in [-0.05, 0) is 77.9 Å².